The van der Waals surface area contributed by atoms with Gasteiger partial charge in [0.15, 0.2) is 0 Å². The van der Waals surface area contributed by atoms with Crippen molar-refractivity contribution in [1.29, 1.82) is 0 Å². The van der Waals surface area contributed by atoms with Crippen molar-refractivity contribution in [2.75, 3.05) is 13.1 Å². The van der Waals surface area contributed by atoms with Gasteiger partial charge in [0.2, 0.25) is 0 Å². The maximum absolute atomic E-state index is 3.70. The standard InChI is InChI=1S/C18H27NS/c1-2-11-19-14-18(9-5-6-10-18)13-16-12-15-7-3-4-8-17(15)20-16/h3-4,7-8,16,19H,2,5-6,9-14H2,1H3. The van der Waals surface area contributed by atoms with Crippen LogP contribution in [0, 0.1) is 5.41 Å². The van der Waals surface area contributed by atoms with Crippen LogP contribution in [0.5, 0.6) is 0 Å². The summed E-state index contributed by atoms with van der Waals surface area (Å²) in [5.74, 6) is 0. The zero-order valence-corrected chi connectivity index (χ0v) is 13.5. The molecule has 1 aromatic carbocycles. The lowest BCUT2D eigenvalue weighted by Crippen LogP contribution is -2.35. The van der Waals surface area contributed by atoms with Crippen LogP contribution in [0.3, 0.4) is 0 Å². The topological polar surface area (TPSA) is 12.0 Å². The molecule has 3 rings (SSSR count). The van der Waals surface area contributed by atoms with Crippen molar-refractivity contribution in [2.45, 2.75) is 62.0 Å². The average molecular weight is 289 g/mol. The van der Waals surface area contributed by atoms with Gasteiger partial charge < -0.3 is 5.32 Å². The summed E-state index contributed by atoms with van der Waals surface area (Å²) in [7, 11) is 0. The second-order valence-electron chi connectivity index (χ2n) is 6.64. The summed E-state index contributed by atoms with van der Waals surface area (Å²) < 4.78 is 0. The molecule has 1 fully saturated rings. The zero-order chi connectivity index (χ0) is 13.8. The van der Waals surface area contributed by atoms with Crippen molar-refractivity contribution in [3.63, 3.8) is 0 Å². The predicted molar refractivity (Wildman–Crippen MR) is 88.5 cm³/mol. The highest BCUT2D eigenvalue weighted by atomic mass is 32.2. The molecule has 1 heterocycles. The van der Waals surface area contributed by atoms with Gasteiger partial charge in [0.1, 0.15) is 0 Å². The second kappa shape index (κ2) is 6.53. The third kappa shape index (κ3) is 3.23. The monoisotopic (exact) mass is 289 g/mol. The van der Waals surface area contributed by atoms with E-state index in [2.05, 4.69) is 48.3 Å². The van der Waals surface area contributed by atoms with Crippen LogP contribution in [0.4, 0.5) is 0 Å². The van der Waals surface area contributed by atoms with Crippen LogP contribution in [0.25, 0.3) is 0 Å². The van der Waals surface area contributed by atoms with Crippen molar-refractivity contribution in [3.05, 3.63) is 29.8 Å². The molecule has 2 heteroatoms. The van der Waals surface area contributed by atoms with Crippen molar-refractivity contribution in [1.82, 2.24) is 5.32 Å². The molecule has 1 N–H and O–H groups in total. The second-order valence-corrected chi connectivity index (χ2v) is 7.98. The van der Waals surface area contributed by atoms with Crippen molar-refractivity contribution in [2.24, 2.45) is 5.41 Å². The molecule has 0 saturated heterocycles. The first-order chi connectivity index (χ1) is 9.81. The molecule has 1 unspecified atom stereocenters. The van der Waals surface area contributed by atoms with Crippen LogP contribution >= 0.6 is 11.8 Å². The Balaban J connectivity index is 1.61. The molecule has 110 valence electrons. The highest BCUT2D eigenvalue weighted by Gasteiger charge is 2.37. The smallest absolute Gasteiger partial charge is 0.0141 e. The van der Waals surface area contributed by atoms with E-state index in [0.29, 0.717) is 5.41 Å². The molecular formula is C18H27NS. The molecule has 1 aliphatic carbocycles. The Kier molecular flexibility index (Phi) is 4.72. The van der Waals surface area contributed by atoms with E-state index < -0.39 is 0 Å². The molecule has 1 aliphatic heterocycles. The van der Waals surface area contributed by atoms with Crippen LogP contribution in [0.15, 0.2) is 29.2 Å². The van der Waals surface area contributed by atoms with Gasteiger partial charge in [0.25, 0.3) is 0 Å². The van der Waals surface area contributed by atoms with Gasteiger partial charge in [-0.05, 0) is 55.7 Å². The van der Waals surface area contributed by atoms with Gasteiger partial charge >= 0.3 is 0 Å². The van der Waals surface area contributed by atoms with Gasteiger partial charge in [0.05, 0.1) is 0 Å². The molecule has 2 aliphatic rings. The Hall–Kier alpha value is -0.470. The van der Waals surface area contributed by atoms with E-state index in [-0.39, 0.29) is 0 Å². The van der Waals surface area contributed by atoms with E-state index in [1.807, 2.05) is 0 Å². The Morgan fingerprint density at radius 3 is 2.80 bits per heavy atom. The van der Waals surface area contributed by atoms with Crippen LogP contribution in [0.2, 0.25) is 0 Å². The number of rotatable bonds is 6. The molecule has 1 saturated carbocycles. The third-order valence-electron chi connectivity index (χ3n) is 4.97. The average Bonchev–Trinajstić information content (AvgIpc) is 3.06. The molecule has 0 bridgehead atoms. The summed E-state index contributed by atoms with van der Waals surface area (Å²) in [5.41, 5.74) is 2.17. The van der Waals surface area contributed by atoms with Gasteiger partial charge in [-0.2, -0.15) is 0 Å². The number of benzene rings is 1. The van der Waals surface area contributed by atoms with E-state index in [1.54, 1.807) is 5.56 Å². The van der Waals surface area contributed by atoms with Crippen LogP contribution in [-0.4, -0.2) is 18.3 Å². The number of hydrogen-bond acceptors (Lipinski definition) is 2. The lowest BCUT2D eigenvalue weighted by Gasteiger charge is -2.32. The summed E-state index contributed by atoms with van der Waals surface area (Å²) in [6.45, 7) is 4.69. The Morgan fingerprint density at radius 1 is 1.25 bits per heavy atom. The molecule has 0 radical (unpaired) electrons. The molecule has 1 atom stereocenters. The lowest BCUT2D eigenvalue weighted by molar-refractivity contribution is 0.255. The molecule has 0 amide bonds. The normalized spacial score (nSPS) is 23.9. The highest BCUT2D eigenvalue weighted by Crippen LogP contribution is 2.48. The number of thioether (sulfide) groups is 1. The van der Waals surface area contributed by atoms with Gasteiger partial charge in [-0.3, -0.25) is 0 Å². The Bertz CT molecular complexity index is 412. The third-order valence-corrected chi connectivity index (χ3v) is 6.28. The molecular weight excluding hydrogens is 262 g/mol. The van der Waals surface area contributed by atoms with E-state index >= 15 is 0 Å². The number of nitrogens with one attached hydrogen (secondary N) is 1. The number of fused-ring (bicyclic) bond motifs is 1. The lowest BCUT2D eigenvalue weighted by atomic mass is 9.80. The molecule has 0 spiro atoms. The molecule has 0 aromatic heterocycles. The quantitative estimate of drug-likeness (QED) is 0.765. The predicted octanol–water partition coefficient (Wildman–Crippen LogP) is 4.65. The van der Waals surface area contributed by atoms with E-state index in [1.165, 1.54) is 62.9 Å². The minimum Gasteiger partial charge on any atom is -0.316 e. The fourth-order valence-corrected chi connectivity index (χ4v) is 5.48. The maximum atomic E-state index is 3.70. The van der Waals surface area contributed by atoms with E-state index in [0.717, 1.165) is 5.25 Å². The SMILES string of the molecule is CCCNCC1(CC2Cc3ccccc3S2)CCCC1. The summed E-state index contributed by atoms with van der Waals surface area (Å²) >= 11 is 2.13. The largest absolute Gasteiger partial charge is 0.316 e. The van der Waals surface area contributed by atoms with Crippen molar-refractivity contribution in [3.8, 4) is 0 Å². The van der Waals surface area contributed by atoms with Crippen LogP contribution in [-0.2, 0) is 6.42 Å². The van der Waals surface area contributed by atoms with Crippen LogP contribution < -0.4 is 5.32 Å². The summed E-state index contributed by atoms with van der Waals surface area (Å²) in [4.78, 5) is 1.53. The van der Waals surface area contributed by atoms with Gasteiger partial charge in [-0.25, -0.2) is 0 Å². The van der Waals surface area contributed by atoms with E-state index in [9.17, 15) is 0 Å². The van der Waals surface area contributed by atoms with Crippen LogP contribution in [0.1, 0.15) is 51.0 Å². The minimum atomic E-state index is 0.592. The van der Waals surface area contributed by atoms with E-state index in [4.69, 9.17) is 0 Å². The van der Waals surface area contributed by atoms with Gasteiger partial charge in [-0.1, -0.05) is 38.0 Å². The summed E-state index contributed by atoms with van der Waals surface area (Å²) in [6, 6.07) is 8.99. The van der Waals surface area contributed by atoms with Gasteiger partial charge in [-0.15, -0.1) is 11.8 Å². The maximum Gasteiger partial charge on any atom is 0.0141 e. The van der Waals surface area contributed by atoms with Crippen molar-refractivity contribution >= 4 is 11.8 Å². The number of hydrogen-bond donors (Lipinski definition) is 1. The summed E-state index contributed by atoms with van der Waals surface area (Å²) in [6.07, 6.45) is 9.71. The minimum absolute atomic E-state index is 0.592. The molecule has 1 aromatic rings. The first-order valence-corrected chi connectivity index (χ1v) is 9.15. The Labute approximate surface area is 127 Å². The molecule has 1 nitrogen and oxygen atoms in total. The fourth-order valence-electron chi connectivity index (χ4n) is 3.96. The summed E-state index contributed by atoms with van der Waals surface area (Å²) in [5, 5.41) is 4.52. The first kappa shape index (κ1) is 14.5. The Morgan fingerprint density at radius 2 is 2.05 bits per heavy atom. The zero-order valence-electron chi connectivity index (χ0n) is 12.7. The first-order valence-electron chi connectivity index (χ1n) is 8.27. The molecule has 20 heavy (non-hydrogen) atoms. The van der Waals surface area contributed by atoms with Gasteiger partial charge in [0, 0.05) is 16.7 Å². The highest BCUT2D eigenvalue weighted by molar-refractivity contribution is 8.00. The fraction of sp³-hybridized carbons (Fsp3) is 0.667. The van der Waals surface area contributed by atoms with Crippen molar-refractivity contribution < 1.29 is 0 Å².